The van der Waals surface area contributed by atoms with Gasteiger partial charge in [-0.15, -0.1) is 0 Å². The van der Waals surface area contributed by atoms with Crippen LogP contribution in [0.5, 0.6) is 0 Å². The van der Waals surface area contributed by atoms with Crippen LogP contribution in [0.3, 0.4) is 0 Å². The number of benzene rings is 1. The van der Waals surface area contributed by atoms with Crippen molar-refractivity contribution in [1.82, 2.24) is 20.0 Å². The molecule has 0 saturated carbocycles. The summed E-state index contributed by atoms with van der Waals surface area (Å²) < 4.78 is 38.1. The molecule has 4 atom stereocenters. The van der Waals surface area contributed by atoms with Crippen LogP contribution >= 0.6 is 0 Å². The van der Waals surface area contributed by atoms with E-state index < -0.39 is 11.7 Å². The van der Waals surface area contributed by atoms with Gasteiger partial charge in [-0.1, -0.05) is 0 Å². The van der Waals surface area contributed by atoms with Crippen molar-refractivity contribution in [3.05, 3.63) is 35.4 Å². The Morgan fingerprint density at radius 1 is 1.10 bits per heavy atom. The van der Waals surface area contributed by atoms with Crippen molar-refractivity contribution in [2.45, 2.75) is 25.1 Å². The molecule has 4 aliphatic heterocycles. The number of fused-ring (bicyclic) bond motifs is 3. The number of nitrogens with zero attached hydrogens (tertiary/aromatic N) is 3. The maximum absolute atomic E-state index is 12.7. The molecule has 4 heterocycles. The Hall–Kier alpha value is -1.64. The van der Waals surface area contributed by atoms with Crippen LogP contribution in [0.2, 0.25) is 0 Å². The van der Waals surface area contributed by atoms with E-state index in [-0.39, 0.29) is 11.5 Å². The quantitative estimate of drug-likeness (QED) is 0.788. The van der Waals surface area contributed by atoms with E-state index in [0.29, 0.717) is 24.4 Å². The van der Waals surface area contributed by atoms with E-state index in [1.807, 2.05) is 0 Å². The molecule has 5 rings (SSSR count). The Bertz CT molecular complexity index is 731. The molecule has 1 amide bonds. The summed E-state index contributed by atoms with van der Waals surface area (Å²) in [6, 6.07) is 4.74. The number of halogens is 3. The molecule has 2 bridgehead atoms. The molecule has 1 aromatic carbocycles. The summed E-state index contributed by atoms with van der Waals surface area (Å²) >= 11 is 0. The average Bonchev–Trinajstić information content (AvgIpc) is 2.74. The lowest BCUT2D eigenvalue weighted by atomic mass is 9.75. The number of piperazine rings is 1. The van der Waals surface area contributed by atoms with Gasteiger partial charge in [-0.25, -0.2) is 0 Å². The van der Waals surface area contributed by atoms with E-state index in [1.165, 1.54) is 25.1 Å². The normalized spacial score (nSPS) is 30.4. The Labute approximate surface area is 176 Å². The number of likely N-dealkylation sites (N-methyl/N-ethyl adjacent to an activating group) is 1. The molecular formula is C22H31F3N4O. The summed E-state index contributed by atoms with van der Waals surface area (Å²) in [5.41, 5.74) is -0.465. The molecule has 30 heavy (non-hydrogen) atoms. The fourth-order valence-corrected chi connectivity index (χ4v) is 5.15. The van der Waals surface area contributed by atoms with Gasteiger partial charge in [0.05, 0.1) is 5.56 Å². The predicted molar refractivity (Wildman–Crippen MR) is 109 cm³/mol. The number of alkyl halides is 3. The highest BCUT2D eigenvalue weighted by molar-refractivity contribution is 5.94. The number of hydrogen-bond acceptors (Lipinski definition) is 4. The zero-order chi connectivity index (χ0) is 21.3. The number of nitrogens with one attached hydrogen (secondary N) is 1. The van der Waals surface area contributed by atoms with Gasteiger partial charge in [-0.3, -0.25) is 9.69 Å². The molecule has 4 saturated heterocycles. The van der Waals surface area contributed by atoms with E-state index in [4.69, 9.17) is 0 Å². The lowest BCUT2D eigenvalue weighted by Gasteiger charge is -2.51. The Kier molecular flexibility index (Phi) is 6.36. The summed E-state index contributed by atoms with van der Waals surface area (Å²) in [5, 5.41) is 2.94. The second-order valence-electron chi connectivity index (χ2n) is 9.08. The molecule has 5 nitrogen and oxygen atoms in total. The van der Waals surface area contributed by atoms with Crippen LogP contribution in [-0.4, -0.2) is 86.1 Å². The first-order valence-electron chi connectivity index (χ1n) is 10.9. The van der Waals surface area contributed by atoms with Crippen molar-refractivity contribution in [3.63, 3.8) is 0 Å². The molecule has 166 valence electrons. The first kappa shape index (κ1) is 21.6. The number of piperidine rings is 3. The van der Waals surface area contributed by atoms with Crippen LogP contribution in [0.1, 0.15) is 28.8 Å². The molecular weight excluding hydrogens is 393 g/mol. The highest BCUT2D eigenvalue weighted by atomic mass is 19.4. The summed E-state index contributed by atoms with van der Waals surface area (Å²) in [6.07, 6.45) is -2.07. The van der Waals surface area contributed by atoms with E-state index in [9.17, 15) is 18.0 Å². The third kappa shape index (κ3) is 4.98. The maximum atomic E-state index is 12.7. The SMILES string of the molecule is CN1CCN(C[C@H]2CN3CC[C@H]2C[C@@H]3CNC(=O)c2ccc(C(F)(F)F)cc2)CC1. The summed E-state index contributed by atoms with van der Waals surface area (Å²) in [7, 11) is 2.18. The molecule has 0 radical (unpaired) electrons. The zero-order valence-electron chi connectivity index (χ0n) is 17.5. The average molecular weight is 425 g/mol. The van der Waals surface area contributed by atoms with Crippen molar-refractivity contribution < 1.29 is 18.0 Å². The van der Waals surface area contributed by atoms with Gasteiger partial charge in [0.15, 0.2) is 0 Å². The minimum atomic E-state index is -4.38. The van der Waals surface area contributed by atoms with Crippen LogP contribution in [0.15, 0.2) is 24.3 Å². The standard InChI is InChI=1S/C22H31F3N4O/c1-27-8-10-28(11-9-27)14-18-15-29-7-6-17(18)12-20(29)13-26-21(30)16-2-4-19(5-3-16)22(23,24)25/h2-5,17-18,20H,6-15H2,1H3,(H,26,30)/t17-,18-,20+/m0/s1. The van der Waals surface area contributed by atoms with Gasteiger partial charge in [0.1, 0.15) is 0 Å². The highest BCUT2D eigenvalue weighted by Crippen LogP contribution is 2.36. The predicted octanol–water partition coefficient (Wildman–Crippen LogP) is 2.39. The van der Waals surface area contributed by atoms with E-state index in [2.05, 4.69) is 27.1 Å². The highest BCUT2D eigenvalue weighted by Gasteiger charge is 2.40. The van der Waals surface area contributed by atoms with Crippen molar-refractivity contribution in [3.8, 4) is 0 Å². The molecule has 0 aliphatic carbocycles. The number of carbonyl (C=O) groups excluding carboxylic acids is 1. The number of carbonyl (C=O) groups is 1. The van der Waals surface area contributed by atoms with Gasteiger partial charge < -0.3 is 15.1 Å². The molecule has 1 N–H and O–H groups in total. The molecule has 1 unspecified atom stereocenters. The van der Waals surface area contributed by atoms with Gasteiger partial charge in [-0.05, 0) is 62.5 Å². The van der Waals surface area contributed by atoms with E-state index in [0.717, 1.165) is 57.8 Å². The Morgan fingerprint density at radius 3 is 2.40 bits per heavy atom. The summed E-state index contributed by atoms with van der Waals surface area (Å²) in [5.74, 6) is 1.09. The van der Waals surface area contributed by atoms with Crippen LogP contribution in [0, 0.1) is 11.8 Å². The number of hydrogen-bond donors (Lipinski definition) is 1. The van der Waals surface area contributed by atoms with Crippen molar-refractivity contribution >= 4 is 5.91 Å². The van der Waals surface area contributed by atoms with Gasteiger partial charge >= 0.3 is 6.18 Å². The van der Waals surface area contributed by atoms with Crippen LogP contribution < -0.4 is 5.32 Å². The fourth-order valence-electron chi connectivity index (χ4n) is 5.15. The van der Waals surface area contributed by atoms with Gasteiger partial charge in [0, 0.05) is 57.4 Å². The second kappa shape index (κ2) is 8.85. The topological polar surface area (TPSA) is 38.8 Å². The minimum Gasteiger partial charge on any atom is -0.350 e. The first-order chi connectivity index (χ1) is 14.3. The van der Waals surface area contributed by atoms with Gasteiger partial charge in [-0.2, -0.15) is 13.2 Å². The van der Waals surface area contributed by atoms with Crippen molar-refractivity contribution in [2.75, 3.05) is 59.4 Å². The second-order valence-corrected chi connectivity index (χ2v) is 9.08. The third-order valence-electron chi connectivity index (χ3n) is 7.08. The largest absolute Gasteiger partial charge is 0.416 e. The Morgan fingerprint density at radius 2 is 1.80 bits per heavy atom. The zero-order valence-corrected chi connectivity index (χ0v) is 17.5. The monoisotopic (exact) mass is 424 g/mol. The fraction of sp³-hybridized carbons (Fsp3) is 0.682. The number of amides is 1. The lowest BCUT2D eigenvalue weighted by Crippen LogP contribution is -2.59. The van der Waals surface area contributed by atoms with E-state index >= 15 is 0 Å². The van der Waals surface area contributed by atoms with Gasteiger partial charge in [0.25, 0.3) is 5.91 Å². The smallest absolute Gasteiger partial charge is 0.350 e. The molecule has 0 spiro atoms. The summed E-state index contributed by atoms with van der Waals surface area (Å²) in [6.45, 7) is 8.44. The van der Waals surface area contributed by atoms with Crippen molar-refractivity contribution in [1.29, 1.82) is 0 Å². The van der Waals surface area contributed by atoms with Crippen LogP contribution in [0.4, 0.5) is 13.2 Å². The molecule has 0 aromatic heterocycles. The summed E-state index contributed by atoms with van der Waals surface area (Å²) in [4.78, 5) is 19.8. The van der Waals surface area contributed by atoms with Crippen molar-refractivity contribution in [2.24, 2.45) is 11.8 Å². The van der Waals surface area contributed by atoms with E-state index in [1.54, 1.807) is 0 Å². The molecule has 1 aromatic rings. The third-order valence-corrected chi connectivity index (χ3v) is 7.08. The number of rotatable bonds is 5. The Balaban J connectivity index is 1.26. The van der Waals surface area contributed by atoms with Gasteiger partial charge in [0.2, 0.25) is 0 Å². The molecule has 4 fully saturated rings. The molecule has 8 heteroatoms. The maximum Gasteiger partial charge on any atom is 0.416 e. The first-order valence-corrected chi connectivity index (χ1v) is 10.9. The van der Waals surface area contributed by atoms with Crippen LogP contribution in [-0.2, 0) is 6.18 Å². The van der Waals surface area contributed by atoms with Crippen LogP contribution in [0.25, 0.3) is 0 Å². The minimum absolute atomic E-state index is 0.270. The lowest BCUT2D eigenvalue weighted by molar-refractivity contribution is -0.137. The molecule has 4 aliphatic rings.